The second-order valence-electron chi connectivity index (χ2n) is 7.35. The third-order valence-electron chi connectivity index (χ3n) is 5.38. The molecule has 2 aliphatic heterocycles. The van der Waals surface area contributed by atoms with Gasteiger partial charge in [-0.1, -0.05) is 36.4 Å². The van der Waals surface area contributed by atoms with Crippen LogP contribution in [0.25, 0.3) is 5.69 Å². The number of fused-ring (bicyclic) bond motifs is 1. The van der Waals surface area contributed by atoms with Crippen LogP contribution in [0.1, 0.15) is 36.1 Å². The Morgan fingerprint density at radius 3 is 2.64 bits per heavy atom. The van der Waals surface area contributed by atoms with Gasteiger partial charge in [0.15, 0.2) is 5.17 Å². The molecule has 0 unspecified atom stereocenters. The normalized spacial score (nSPS) is 23.8. The SMILES string of the molecule is Cc1ccc([C@H]2[C@H](c3ccccn3)N=C3S[C@@H](C)CN32)n1-c1ccc(Cl)cc1. The third-order valence-corrected chi connectivity index (χ3v) is 6.73. The van der Waals surface area contributed by atoms with Crippen LogP contribution in [0, 0.1) is 6.92 Å². The van der Waals surface area contributed by atoms with Crippen molar-refractivity contribution in [1.29, 1.82) is 0 Å². The number of rotatable bonds is 3. The molecule has 0 amide bonds. The lowest BCUT2D eigenvalue weighted by Crippen LogP contribution is -2.30. The molecular formula is C22H21ClN4S. The van der Waals surface area contributed by atoms with E-state index in [4.69, 9.17) is 16.6 Å². The second-order valence-corrected chi connectivity index (χ2v) is 9.19. The van der Waals surface area contributed by atoms with E-state index in [0.29, 0.717) is 5.25 Å². The van der Waals surface area contributed by atoms with Crippen LogP contribution >= 0.6 is 23.4 Å². The Balaban J connectivity index is 1.64. The molecule has 0 N–H and O–H groups in total. The molecule has 0 spiro atoms. The van der Waals surface area contributed by atoms with Crippen LogP contribution in [0.3, 0.4) is 0 Å². The first-order valence-corrected chi connectivity index (χ1v) is 10.7. The van der Waals surface area contributed by atoms with Crippen LogP contribution in [0.4, 0.5) is 0 Å². The first-order chi connectivity index (χ1) is 13.6. The Bertz CT molecular complexity index is 1030. The van der Waals surface area contributed by atoms with Gasteiger partial charge in [0.25, 0.3) is 0 Å². The molecule has 1 fully saturated rings. The predicted molar refractivity (Wildman–Crippen MR) is 116 cm³/mol. The van der Waals surface area contributed by atoms with Crippen LogP contribution in [0.5, 0.6) is 0 Å². The van der Waals surface area contributed by atoms with Gasteiger partial charge in [0.1, 0.15) is 6.04 Å². The molecule has 1 saturated heterocycles. The summed E-state index contributed by atoms with van der Waals surface area (Å²) < 4.78 is 2.32. The van der Waals surface area contributed by atoms with Gasteiger partial charge in [-0.2, -0.15) is 0 Å². The average molecular weight is 409 g/mol. The van der Waals surface area contributed by atoms with Crippen molar-refractivity contribution in [3.8, 4) is 5.69 Å². The first kappa shape index (κ1) is 17.8. The van der Waals surface area contributed by atoms with E-state index in [0.717, 1.165) is 28.1 Å². The van der Waals surface area contributed by atoms with Gasteiger partial charge in [-0.25, -0.2) is 0 Å². The average Bonchev–Trinajstić information content (AvgIpc) is 3.35. The third kappa shape index (κ3) is 2.93. The Labute approximate surface area is 174 Å². The molecule has 0 saturated carbocycles. The smallest absolute Gasteiger partial charge is 0.160 e. The minimum atomic E-state index is -0.00319. The number of benzene rings is 1. The molecule has 2 aliphatic rings. The number of aliphatic imine (C=N–C) groups is 1. The molecule has 142 valence electrons. The highest BCUT2D eigenvalue weighted by Crippen LogP contribution is 2.48. The van der Waals surface area contributed by atoms with Crippen LogP contribution in [-0.4, -0.2) is 31.4 Å². The highest BCUT2D eigenvalue weighted by atomic mass is 35.5. The Kier molecular flexibility index (Phi) is 4.44. The van der Waals surface area contributed by atoms with Gasteiger partial charge in [0.2, 0.25) is 0 Å². The van der Waals surface area contributed by atoms with Crippen LogP contribution in [-0.2, 0) is 0 Å². The number of amidine groups is 1. The fourth-order valence-electron chi connectivity index (χ4n) is 4.17. The number of aryl methyl sites for hydroxylation is 1. The molecule has 3 aromatic rings. The lowest BCUT2D eigenvalue weighted by Gasteiger charge is -2.28. The molecule has 5 rings (SSSR count). The Hall–Kier alpha value is -2.24. The zero-order chi connectivity index (χ0) is 19.3. The van der Waals surface area contributed by atoms with Crippen molar-refractivity contribution in [1.82, 2.24) is 14.5 Å². The molecule has 28 heavy (non-hydrogen) atoms. The maximum atomic E-state index is 6.13. The fraction of sp³-hybridized carbons (Fsp3) is 0.273. The number of nitrogens with zero attached hydrogens (tertiary/aromatic N) is 4. The molecule has 4 nitrogen and oxygen atoms in total. The van der Waals surface area contributed by atoms with Crippen LogP contribution in [0.15, 0.2) is 65.8 Å². The van der Waals surface area contributed by atoms with Crippen molar-refractivity contribution in [2.24, 2.45) is 4.99 Å². The van der Waals surface area contributed by atoms with Gasteiger partial charge >= 0.3 is 0 Å². The van der Waals surface area contributed by atoms with Crippen molar-refractivity contribution in [2.45, 2.75) is 31.2 Å². The summed E-state index contributed by atoms with van der Waals surface area (Å²) in [4.78, 5) is 12.2. The van der Waals surface area contributed by atoms with Crippen LogP contribution < -0.4 is 0 Å². The lowest BCUT2D eigenvalue weighted by atomic mass is 10.0. The van der Waals surface area contributed by atoms with Gasteiger partial charge in [0.05, 0.1) is 11.7 Å². The minimum absolute atomic E-state index is 0.00319. The number of halogens is 1. The number of hydrogen-bond acceptors (Lipinski definition) is 4. The Morgan fingerprint density at radius 1 is 1.07 bits per heavy atom. The van der Waals surface area contributed by atoms with E-state index in [1.54, 1.807) is 0 Å². The maximum absolute atomic E-state index is 6.13. The number of thioether (sulfide) groups is 1. The topological polar surface area (TPSA) is 33.4 Å². The lowest BCUT2D eigenvalue weighted by molar-refractivity contribution is 0.312. The van der Waals surface area contributed by atoms with Crippen molar-refractivity contribution in [3.05, 3.63) is 82.9 Å². The Morgan fingerprint density at radius 2 is 1.89 bits per heavy atom. The summed E-state index contributed by atoms with van der Waals surface area (Å²) in [6.45, 7) is 5.41. The van der Waals surface area contributed by atoms with Gasteiger partial charge in [-0.15, -0.1) is 0 Å². The maximum Gasteiger partial charge on any atom is 0.160 e. The van der Waals surface area contributed by atoms with E-state index < -0.39 is 0 Å². The van der Waals surface area contributed by atoms with E-state index in [-0.39, 0.29) is 12.1 Å². The van der Waals surface area contributed by atoms with Gasteiger partial charge in [-0.05, 0) is 55.5 Å². The minimum Gasteiger partial charge on any atom is -0.339 e. The molecule has 0 radical (unpaired) electrons. The van der Waals surface area contributed by atoms with Gasteiger partial charge in [0, 0.05) is 40.1 Å². The van der Waals surface area contributed by atoms with Crippen molar-refractivity contribution < 1.29 is 0 Å². The van der Waals surface area contributed by atoms with E-state index in [9.17, 15) is 0 Å². The molecule has 4 heterocycles. The van der Waals surface area contributed by atoms with Gasteiger partial charge in [-0.3, -0.25) is 9.98 Å². The molecule has 3 atom stereocenters. The summed E-state index contributed by atoms with van der Waals surface area (Å²) in [7, 11) is 0. The standard InChI is InChI=1S/C22H21ClN4S/c1-14-6-11-19(27(14)17-9-7-16(23)8-10-17)21-20(18-5-3-4-12-24-18)25-22-26(21)13-15(2)28-22/h3-12,15,20-21H,13H2,1-2H3/t15-,20-,21-/m0/s1. The summed E-state index contributed by atoms with van der Waals surface area (Å²) in [5, 5.41) is 2.43. The molecule has 2 aromatic heterocycles. The summed E-state index contributed by atoms with van der Waals surface area (Å²) in [5.74, 6) is 0. The van der Waals surface area contributed by atoms with Crippen molar-refractivity contribution >= 4 is 28.5 Å². The summed E-state index contributed by atoms with van der Waals surface area (Å²) in [6, 6.07) is 18.7. The molecule has 1 aromatic carbocycles. The summed E-state index contributed by atoms with van der Waals surface area (Å²) in [6.07, 6.45) is 1.86. The zero-order valence-electron chi connectivity index (χ0n) is 15.8. The summed E-state index contributed by atoms with van der Waals surface area (Å²) in [5.41, 5.74) is 4.58. The largest absolute Gasteiger partial charge is 0.339 e. The van der Waals surface area contributed by atoms with Gasteiger partial charge < -0.3 is 9.47 Å². The summed E-state index contributed by atoms with van der Waals surface area (Å²) >= 11 is 7.99. The number of pyridine rings is 1. The highest BCUT2D eigenvalue weighted by molar-refractivity contribution is 8.14. The quantitative estimate of drug-likeness (QED) is 0.579. The number of aromatic nitrogens is 2. The second kappa shape index (κ2) is 6.98. The zero-order valence-corrected chi connectivity index (χ0v) is 17.4. The monoisotopic (exact) mass is 408 g/mol. The van der Waals surface area contributed by atoms with E-state index in [1.165, 1.54) is 11.4 Å². The van der Waals surface area contributed by atoms with E-state index in [2.05, 4.69) is 58.6 Å². The fourth-order valence-corrected chi connectivity index (χ4v) is 5.39. The highest BCUT2D eigenvalue weighted by Gasteiger charge is 2.44. The number of hydrogen-bond donors (Lipinski definition) is 0. The van der Waals surface area contributed by atoms with Crippen molar-refractivity contribution in [2.75, 3.05) is 6.54 Å². The molecule has 0 bridgehead atoms. The van der Waals surface area contributed by atoms with E-state index in [1.807, 2.05) is 42.2 Å². The van der Waals surface area contributed by atoms with Crippen LogP contribution in [0.2, 0.25) is 5.02 Å². The predicted octanol–water partition coefficient (Wildman–Crippen LogP) is 5.42. The molecule has 6 heteroatoms. The molecular weight excluding hydrogens is 388 g/mol. The molecule has 0 aliphatic carbocycles. The van der Waals surface area contributed by atoms with E-state index >= 15 is 0 Å². The van der Waals surface area contributed by atoms with Crippen molar-refractivity contribution in [3.63, 3.8) is 0 Å². The first-order valence-electron chi connectivity index (χ1n) is 9.48.